The van der Waals surface area contributed by atoms with Crippen LogP contribution in [0, 0.1) is 0 Å². The predicted molar refractivity (Wildman–Crippen MR) is 78.2 cm³/mol. The summed E-state index contributed by atoms with van der Waals surface area (Å²) in [5.41, 5.74) is 6.57. The maximum Gasteiger partial charge on any atom is 0.224 e. The van der Waals surface area contributed by atoms with Crippen LogP contribution in [0.25, 0.3) is 0 Å². The van der Waals surface area contributed by atoms with E-state index in [1.807, 2.05) is 24.3 Å². The Kier molecular flexibility index (Phi) is 6.64. The Bertz CT molecular complexity index is 433. The topological polar surface area (TPSA) is 84.6 Å². The van der Waals surface area contributed by atoms with Gasteiger partial charge in [0, 0.05) is 33.2 Å². The van der Waals surface area contributed by atoms with Crippen LogP contribution in [0.5, 0.6) is 0 Å². The van der Waals surface area contributed by atoms with Crippen molar-refractivity contribution in [3.63, 3.8) is 0 Å². The van der Waals surface area contributed by atoms with Crippen molar-refractivity contribution < 1.29 is 14.6 Å². The number of hydrogen-bond acceptors (Lipinski definition) is 4. The van der Waals surface area contributed by atoms with Gasteiger partial charge in [-0.15, -0.1) is 0 Å². The second-order valence-electron chi connectivity index (χ2n) is 5.17. The summed E-state index contributed by atoms with van der Waals surface area (Å²) in [7, 11) is 1.58. The van der Waals surface area contributed by atoms with E-state index in [4.69, 9.17) is 10.5 Å². The van der Waals surface area contributed by atoms with Gasteiger partial charge in [-0.25, -0.2) is 0 Å². The van der Waals surface area contributed by atoms with Crippen molar-refractivity contribution in [1.82, 2.24) is 5.32 Å². The van der Waals surface area contributed by atoms with Crippen molar-refractivity contribution in [3.05, 3.63) is 35.4 Å². The molecule has 0 aromatic heterocycles. The molecule has 0 saturated carbocycles. The Morgan fingerprint density at radius 2 is 2.05 bits per heavy atom. The lowest BCUT2D eigenvalue weighted by molar-refractivity contribution is -0.121. The highest BCUT2D eigenvalue weighted by molar-refractivity contribution is 5.79. The molecule has 0 fully saturated rings. The van der Waals surface area contributed by atoms with Crippen LogP contribution >= 0.6 is 0 Å². The molecule has 1 aromatic rings. The second kappa shape index (κ2) is 7.99. The SMILES string of the molecule is COCCC(C)(O)CNC(=O)Cc1ccccc1CN. The molecular formula is C15H24N2O3. The molecule has 0 aliphatic carbocycles. The van der Waals surface area contributed by atoms with Crippen LogP contribution in [0.15, 0.2) is 24.3 Å². The van der Waals surface area contributed by atoms with E-state index in [9.17, 15) is 9.90 Å². The fourth-order valence-electron chi connectivity index (χ4n) is 1.86. The molecule has 0 heterocycles. The summed E-state index contributed by atoms with van der Waals surface area (Å²) < 4.78 is 4.92. The number of carbonyl (C=O) groups is 1. The van der Waals surface area contributed by atoms with Gasteiger partial charge in [-0.2, -0.15) is 0 Å². The molecule has 5 nitrogen and oxygen atoms in total. The van der Waals surface area contributed by atoms with Crippen molar-refractivity contribution in [1.29, 1.82) is 0 Å². The van der Waals surface area contributed by atoms with E-state index in [1.54, 1.807) is 14.0 Å². The van der Waals surface area contributed by atoms with Gasteiger partial charge in [0.25, 0.3) is 0 Å². The maximum absolute atomic E-state index is 11.9. The number of amides is 1. The maximum atomic E-state index is 11.9. The zero-order chi connectivity index (χ0) is 15.0. The van der Waals surface area contributed by atoms with E-state index >= 15 is 0 Å². The molecule has 1 aromatic carbocycles. The van der Waals surface area contributed by atoms with Gasteiger partial charge in [0.1, 0.15) is 0 Å². The van der Waals surface area contributed by atoms with Gasteiger partial charge in [0.2, 0.25) is 5.91 Å². The van der Waals surface area contributed by atoms with Crippen LogP contribution in [0.3, 0.4) is 0 Å². The van der Waals surface area contributed by atoms with E-state index in [0.29, 0.717) is 19.6 Å². The third-order valence-corrected chi connectivity index (χ3v) is 3.20. The smallest absolute Gasteiger partial charge is 0.224 e. The Morgan fingerprint density at radius 1 is 1.40 bits per heavy atom. The van der Waals surface area contributed by atoms with Crippen LogP contribution in [0.4, 0.5) is 0 Å². The van der Waals surface area contributed by atoms with E-state index in [1.165, 1.54) is 0 Å². The zero-order valence-corrected chi connectivity index (χ0v) is 12.2. The Morgan fingerprint density at radius 3 is 2.65 bits per heavy atom. The van der Waals surface area contributed by atoms with Gasteiger partial charge < -0.3 is 20.9 Å². The average Bonchev–Trinajstić information content (AvgIpc) is 2.44. The molecule has 0 aliphatic heterocycles. The van der Waals surface area contributed by atoms with Gasteiger partial charge in [0.05, 0.1) is 12.0 Å². The number of carbonyl (C=O) groups excluding carboxylic acids is 1. The lowest BCUT2D eigenvalue weighted by Crippen LogP contribution is -2.41. The number of aliphatic hydroxyl groups is 1. The summed E-state index contributed by atoms with van der Waals surface area (Å²) in [6.45, 7) is 2.76. The summed E-state index contributed by atoms with van der Waals surface area (Å²) in [6.07, 6.45) is 0.747. The van der Waals surface area contributed by atoms with Crippen LogP contribution in [0.2, 0.25) is 0 Å². The molecule has 0 spiro atoms. The highest BCUT2D eigenvalue weighted by Crippen LogP contribution is 2.10. The average molecular weight is 280 g/mol. The Labute approximate surface area is 120 Å². The fourth-order valence-corrected chi connectivity index (χ4v) is 1.86. The number of benzene rings is 1. The first-order valence-electron chi connectivity index (χ1n) is 6.73. The molecule has 5 heteroatoms. The number of ether oxygens (including phenoxy) is 1. The number of nitrogens with one attached hydrogen (secondary N) is 1. The molecule has 1 unspecified atom stereocenters. The van der Waals surface area contributed by atoms with Crippen molar-refractivity contribution in [2.75, 3.05) is 20.3 Å². The summed E-state index contributed by atoms with van der Waals surface area (Å²) in [4.78, 5) is 11.9. The van der Waals surface area contributed by atoms with Crippen LogP contribution in [-0.2, 0) is 22.5 Å². The number of hydrogen-bond donors (Lipinski definition) is 3. The minimum atomic E-state index is -0.959. The van der Waals surface area contributed by atoms with E-state index in [2.05, 4.69) is 5.32 Å². The second-order valence-corrected chi connectivity index (χ2v) is 5.17. The van der Waals surface area contributed by atoms with Gasteiger partial charge >= 0.3 is 0 Å². The molecule has 4 N–H and O–H groups in total. The summed E-state index contributed by atoms with van der Waals surface area (Å²) in [5, 5.41) is 12.8. The largest absolute Gasteiger partial charge is 0.388 e. The quantitative estimate of drug-likeness (QED) is 0.651. The molecule has 1 atom stereocenters. The van der Waals surface area contributed by atoms with E-state index in [-0.39, 0.29) is 18.9 Å². The summed E-state index contributed by atoms with van der Waals surface area (Å²) in [6, 6.07) is 7.60. The molecule has 112 valence electrons. The minimum Gasteiger partial charge on any atom is -0.388 e. The summed E-state index contributed by atoms with van der Waals surface area (Å²) in [5.74, 6) is -0.122. The number of methoxy groups -OCH3 is 1. The first-order valence-corrected chi connectivity index (χ1v) is 6.73. The van der Waals surface area contributed by atoms with Crippen molar-refractivity contribution >= 4 is 5.91 Å². The third kappa shape index (κ3) is 5.69. The Balaban J connectivity index is 2.47. The van der Waals surface area contributed by atoms with Crippen LogP contribution in [-0.4, -0.2) is 36.9 Å². The standard InChI is InChI=1S/C15H24N2O3/c1-15(19,7-8-20-2)11-17-14(18)9-12-5-3-4-6-13(12)10-16/h3-6,19H,7-11,16H2,1-2H3,(H,17,18). The molecule has 1 amide bonds. The van der Waals surface area contributed by atoms with Gasteiger partial charge in [0.15, 0.2) is 0 Å². The molecular weight excluding hydrogens is 256 g/mol. The first-order chi connectivity index (χ1) is 9.48. The number of rotatable bonds is 8. The molecule has 0 bridgehead atoms. The van der Waals surface area contributed by atoms with Gasteiger partial charge in [-0.3, -0.25) is 4.79 Å². The lowest BCUT2D eigenvalue weighted by atomic mass is 10.0. The minimum absolute atomic E-state index is 0.122. The normalized spacial score (nSPS) is 13.8. The molecule has 20 heavy (non-hydrogen) atoms. The highest BCUT2D eigenvalue weighted by Gasteiger charge is 2.20. The zero-order valence-electron chi connectivity index (χ0n) is 12.2. The van der Waals surface area contributed by atoms with Crippen LogP contribution < -0.4 is 11.1 Å². The number of nitrogens with two attached hydrogens (primary N) is 1. The summed E-state index contributed by atoms with van der Waals surface area (Å²) >= 11 is 0. The van der Waals surface area contributed by atoms with Crippen molar-refractivity contribution in [3.8, 4) is 0 Å². The fraction of sp³-hybridized carbons (Fsp3) is 0.533. The molecule has 0 saturated heterocycles. The lowest BCUT2D eigenvalue weighted by Gasteiger charge is -2.23. The van der Waals surface area contributed by atoms with Crippen LogP contribution in [0.1, 0.15) is 24.5 Å². The predicted octanol–water partition coefficient (Wildman–Crippen LogP) is 0.591. The monoisotopic (exact) mass is 280 g/mol. The first kappa shape index (κ1) is 16.6. The van der Waals surface area contributed by atoms with E-state index < -0.39 is 5.60 Å². The van der Waals surface area contributed by atoms with Gasteiger partial charge in [-0.1, -0.05) is 24.3 Å². The molecule has 1 rings (SSSR count). The molecule has 0 radical (unpaired) electrons. The molecule has 0 aliphatic rings. The highest BCUT2D eigenvalue weighted by atomic mass is 16.5. The van der Waals surface area contributed by atoms with Crippen molar-refractivity contribution in [2.45, 2.75) is 31.9 Å². The van der Waals surface area contributed by atoms with E-state index in [0.717, 1.165) is 11.1 Å². The third-order valence-electron chi connectivity index (χ3n) is 3.20. The Hall–Kier alpha value is -1.43. The van der Waals surface area contributed by atoms with Gasteiger partial charge in [-0.05, 0) is 18.1 Å². The van der Waals surface area contributed by atoms with Crippen molar-refractivity contribution in [2.24, 2.45) is 5.73 Å².